The minimum Gasteiger partial charge on any atom is -0.394 e. The predicted molar refractivity (Wildman–Crippen MR) is 59.6 cm³/mol. The number of hydrogen-bond acceptors (Lipinski definition) is 5. The van der Waals surface area contributed by atoms with Crippen LogP contribution in [0.5, 0.6) is 0 Å². The van der Waals surface area contributed by atoms with Crippen molar-refractivity contribution in [3.8, 4) is 0 Å². The summed E-state index contributed by atoms with van der Waals surface area (Å²) in [5.41, 5.74) is 5.25. The summed E-state index contributed by atoms with van der Waals surface area (Å²) < 4.78 is 6.75. The summed E-state index contributed by atoms with van der Waals surface area (Å²) in [7, 11) is 0. The van der Waals surface area contributed by atoms with E-state index in [4.69, 9.17) is 15.6 Å². The largest absolute Gasteiger partial charge is 0.394 e. The van der Waals surface area contributed by atoms with E-state index < -0.39 is 23.6 Å². The molecule has 2 heterocycles. The van der Waals surface area contributed by atoms with Gasteiger partial charge in [-0.2, -0.15) is 0 Å². The molecule has 2 rings (SSSR count). The molecule has 1 aliphatic heterocycles. The van der Waals surface area contributed by atoms with E-state index in [1.807, 2.05) is 0 Å². The van der Waals surface area contributed by atoms with Crippen molar-refractivity contribution in [3.63, 3.8) is 0 Å². The third-order valence-electron chi connectivity index (χ3n) is 2.92. The first-order valence-corrected chi connectivity index (χ1v) is 5.37. The van der Waals surface area contributed by atoms with Crippen LogP contribution in [0.15, 0.2) is 15.8 Å². The van der Waals surface area contributed by atoms with Gasteiger partial charge in [0.05, 0.1) is 12.7 Å². The number of aliphatic hydroxyl groups is 1. The summed E-state index contributed by atoms with van der Waals surface area (Å²) in [6, 6.07) is -0.316. The second-order valence-corrected chi connectivity index (χ2v) is 4.19. The lowest BCUT2D eigenvalue weighted by Crippen LogP contribution is -2.33. The van der Waals surface area contributed by atoms with E-state index in [1.165, 1.54) is 10.8 Å². The van der Waals surface area contributed by atoms with Gasteiger partial charge in [0.1, 0.15) is 6.23 Å². The summed E-state index contributed by atoms with van der Waals surface area (Å²) in [6.45, 7) is 1.42. The van der Waals surface area contributed by atoms with Gasteiger partial charge >= 0.3 is 5.69 Å². The SMILES string of the molecule is Cc1cn([C@@H]2C[C@H](N)[C@H](CO)O2)c(=O)[nH]c1=O. The standard InChI is InChI=1S/C10H15N3O4/c1-5-3-13(10(16)12-9(5)15)8-2-6(11)7(4-14)17-8/h3,6-8,14H,2,4,11H2,1H3,(H,12,15,16)/t6-,7-,8-/m0/s1. The molecular weight excluding hydrogens is 226 g/mol. The number of nitrogens with two attached hydrogens (primary N) is 1. The molecule has 1 aromatic rings. The summed E-state index contributed by atoms with van der Waals surface area (Å²) in [5, 5.41) is 9.02. The van der Waals surface area contributed by atoms with Gasteiger partial charge in [0.2, 0.25) is 0 Å². The Kier molecular flexibility index (Phi) is 3.14. The van der Waals surface area contributed by atoms with E-state index >= 15 is 0 Å². The van der Waals surface area contributed by atoms with E-state index in [0.717, 1.165) is 0 Å². The van der Waals surface area contributed by atoms with Crippen molar-refractivity contribution in [2.45, 2.75) is 31.7 Å². The molecule has 0 aromatic carbocycles. The van der Waals surface area contributed by atoms with E-state index in [-0.39, 0.29) is 12.6 Å². The molecular formula is C10H15N3O4. The molecule has 3 atom stereocenters. The number of H-pyrrole nitrogens is 1. The number of aryl methyl sites for hydroxylation is 1. The number of nitrogens with zero attached hydrogens (tertiary/aromatic N) is 1. The van der Waals surface area contributed by atoms with Gasteiger partial charge in [-0.1, -0.05) is 0 Å². The zero-order valence-corrected chi connectivity index (χ0v) is 9.42. The van der Waals surface area contributed by atoms with Crippen LogP contribution in [0.4, 0.5) is 0 Å². The van der Waals surface area contributed by atoms with Crippen molar-refractivity contribution in [1.82, 2.24) is 9.55 Å². The molecule has 1 aromatic heterocycles. The molecule has 0 radical (unpaired) electrons. The van der Waals surface area contributed by atoms with Crippen LogP contribution < -0.4 is 17.0 Å². The molecule has 0 unspecified atom stereocenters. The molecule has 0 spiro atoms. The Balaban J connectivity index is 2.34. The van der Waals surface area contributed by atoms with Crippen LogP contribution in [0.2, 0.25) is 0 Å². The Hall–Kier alpha value is -1.44. The summed E-state index contributed by atoms with van der Waals surface area (Å²) >= 11 is 0. The fourth-order valence-corrected chi connectivity index (χ4v) is 1.90. The number of aromatic amines is 1. The van der Waals surface area contributed by atoms with Crippen LogP contribution in [0, 0.1) is 6.92 Å². The van der Waals surface area contributed by atoms with Gasteiger partial charge in [0.15, 0.2) is 0 Å². The third-order valence-corrected chi connectivity index (χ3v) is 2.92. The minimum absolute atomic E-state index is 0.186. The Morgan fingerprint density at radius 3 is 2.94 bits per heavy atom. The summed E-state index contributed by atoms with van der Waals surface area (Å²) in [5.74, 6) is 0. The highest BCUT2D eigenvalue weighted by atomic mass is 16.5. The van der Waals surface area contributed by atoms with Crippen LogP contribution in [0.3, 0.4) is 0 Å². The third kappa shape index (κ3) is 2.17. The Morgan fingerprint density at radius 2 is 2.35 bits per heavy atom. The first-order valence-electron chi connectivity index (χ1n) is 5.37. The number of ether oxygens (including phenoxy) is 1. The van der Waals surface area contributed by atoms with Gasteiger partial charge in [0.25, 0.3) is 5.56 Å². The minimum atomic E-state index is -0.537. The first-order chi connectivity index (χ1) is 8.02. The molecule has 1 fully saturated rings. The second-order valence-electron chi connectivity index (χ2n) is 4.19. The molecule has 0 bridgehead atoms. The highest BCUT2D eigenvalue weighted by Crippen LogP contribution is 2.25. The Labute approximate surface area is 96.8 Å². The lowest BCUT2D eigenvalue weighted by molar-refractivity contribution is -0.0271. The van der Waals surface area contributed by atoms with Gasteiger partial charge < -0.3 is 15.6 Å². The second kappa shape index (κ2) is 4.44. The van der Waals surface area contributed by atoms with Crippen molar-refractivity contribution in [2.75, 3.05) is 6.61 Å². The molecule has 7 nitrogen and oxygen atoms in total. The van der Waals surface area contributed by atoms with Crippen molar-refractivity contribution in [3.05, 3.63) is 32.6 Å². The van der Waals surface area contributed by atoms with Crippen LogP contribution in [-0.4, -0.2) is 33.4 Å². The Bertz CT molecular complexity index is 521. The molecule has 1 aliphatic rings. The number of nitrogens with one attached hydrogen (secondary N) is 1. The topological polar surface area (TPSA) is 110 Å². The number of hydrogen-bond donors (Lipinski definition) is 3. The zero-order chi connectivity index (χ0) is 12.6. The highest BCUT2D eigenvalue weighted by molar-refractivity contribution is 5.02. The van der Waals surface area contributed by atoms with Crippen LogP contribution in [-0.2, 0) is 4.74 Å². The number of aromatic nitrogens is 2. The van der Waals surface area contributed by atoms with Gasteiger partial charge in [-0.3, -0.25) is 14.3 Å². The quantitative estimate of drug-likeness (QED) is 0.580. The molecule has 7 heteroatoms. The maximum absolute atomic E-state index is 11.6. The van der Waals surface area contributed by atoms with E-state index in [0.29, 0.717) is 12.0 Å². The number of aliphatic hydroxyl groups excluding tert-OH is 1. The van der Waals surface area contributed by atoms with Crippen LogP contribution in [0.25, 0.3) is 0 Å². The first kappa shape index (κ1) is 12.0. The van der Waals surface area contributed by atoms with E-state index in [1.54, 1.807) is 6.92 Å². The van der Waals surface area contributed by atoms with Gasteiger partial charge in [0, 0.05) is 24.2 Å². The molecule has 1 saturated heterocycles. The van der Waals surface area contributed by atoms with Crippen LogP contribution in [0.1, 0.15) is 18.2 Å². The average molecular weight is 241 g/mol. The van der Waals surface area contributed by atoms with Gasteiger partial charge in [-0.05, 0) is 6.92 Å². The fourth-order valence-electron chi connectivity index (χ4n) is 1.90. The smallest absolute Gasteiger partial charge is 0.330 e. The van der Waals surface area contributed by atoms with Gasteiger partial charge in [-0.15, -0.1) is 0 Å². The Morgan fingerprint density at radius 1 is 1.65 bits per heavy atom. The van der Waals surface area contributed by atoms with E-state index in [2.05, 4.69) is 4.98 Å². The normalized spacial score (nSPS) is 28.5. The lowest BCUT2D eigenvalue weighted by Gasteiger charge is -2.14. The molecule has 94 valence electrons. The fraction of sp³-hybridized carbons (Fsp3) is 0.600. The summed E-state index contributed by atoms with van der Waals surface area (Å²) in [4.78, 5) is 25.0. The number of rotatable bonds is 2. The average Bonchev–Trinajstić information content (AvgIpc) is 2.65. The molecule has 0 saturated carbocycles. The monoisotopic (exact) mass is 241 g/mol. The maximum Gasteiger partial charge on any atom is 0.330 e. The maximum atomic E-state index is 11.6. The van der Waals surface area contributed by atoms with Crippen molar-refractivity contribution < 1.29 is 9.84 Å². The van der Waals surface area contributed by atoms with Crippen molar-refractivity contribution in [1.29, 1.82) is 0 Å². The molecule has 0 aliphatic carbocycles. The highest BCUT2D eigenvalue weighted by Gasteiger charge is 2.33. The van der Waals surface area contributed by atoms with Gasteiger partial charge in [-0.25, -0.2) is 4.79 Å². The van der Waals surface area contributed by atoms with Crippen molar-refractivity contribution in [2.24, 2.45) is 5.73 Å². The lowest BCUT2D eigenvalue weighted by atomic mass is 10.1. The predicted octanol–water partition coefficient (Wildman–Crippen LogP) is -1.55. The van der Waals surface area contributed by atoms with Crippen LogP contribution >= 0.6 is 0 Å². The molecule has 17 heavy (non-hydrogen) atoms. The summed E-state index contributed by atoms with van der Waals surface area (Å²) in [6.07, 6.45) is 0.860. The van der Waals surface area contributed by atoms with Crippen molar-refractivity contribution >= 4 is 0 Å². The molecule has 0 amide bonds. The molecule has 4 N–H and O–H groups in total. The van der Waals surface area contributed by atoms with E-state index in [9.17, 15) is 9.59 Å². The zero-order valence-electron chi connectivity index (χ0n) is 9.42.